The Kier molecular flexibility index (Phi) is 6.37. The summed E-state index contributed by atoms with van der Waals surface area (Å²) in [6, 6.07) is 11.3. The standard InChI is InChI=1S/C23H18BrClN2O4S/c1-3-31-22(30)19-12(2)26-23-27(20(19)14-6-4-5-7-16(14)25)21(29)18(32-23)11-13-8-9-17(28)15(24)10-13/h4-11,20,28H,3H2,1-2H3/b18-11-. The Labute approximate surface area is 200 Å². The molecule has 6 nitrogen and oxygen atoms in total. The number of aromatic nitrogens is 1. The topological polar surface area (TPSA) is 80.9 Å². The van der Waals surface area contributed by atoms with Crippen LogP contribution in [-0.4, -0.2) is 22.2 Å². The number of fused-ring (bicyclic) bond motifs is 1. The van der Waals surface area contributed by atoms with Gasteiger partial charge in [0, 0.05) is 5.02 Å². The third-order valence-electron chi connectivity index (χ3n) is 4.99. The van der Waals surface area contributed by atoms with Gasteiger partial charge in [-0.2, -0.15) is 0 Å². The minimum absolute atomic E-state index is 0.108. The van der Waals surface area contributed by atoms with E-state index in [0.717, 1.165) is 5.56 Å². The van der Waals surface area contributed by atoms with Crippen molar-refractivity contribution in [3.8, 4) is 5.75 Å². The summed E-state index contributed by atoms with van der Waals surface area (Å²) < 4.78 is 7.73. The van der Waals surface area contributed by atoms with Gasteiger partial charge in [0.15, 0.2) is 4.80 Å². The number of hydrogen-bond donors (Lipinski definition) is 1. The maximum Gasteiger partial charge on any atom is 0.338 e. The second-order valence-corrected chi connectivity index (χ2v) is 9.31. The van der Waals surface area contributed by atoms with Gasteiger partial charge in [0.05, 0.1) is 26.9 Å². The summed E-state index contributed by atoms with van der Waals surface area (Å²) in [6.07, 6.45) is 1.72. The van der Waals surface area contributed by atoms with Gasteiger partial charge >= 0.3 is 5.97 Å². The van der Waals surface area contributed by atoms with Gasteiger partial charge in [-0.25, -0.2) is 9.79 Å². The van der Waals surface area contributed by atoms with Crippen LogP contribution in [0, 0.1) is 0 Å². The van der Waals surface area contributed by atoms with Crippen LogP contribution >= 0.6 is 38.9 Å². The molecule has 0 saturated carbocycles. The fraction of sp³-hybridized carbons (Fsp3) is 0.174. The highest BCUT2D eigenvalue weighted by atomic mass is 79.9. The molecular formula is C23H18BrClN2O4S. The summed E-state index contributed by atoms with van der Waals surface area (Å²) in [7, 11) is 0. The highest BCUT2D eigenvalue weighted by Crippen LogP contribution is 2.34. The molecule has 2 aromatic carbocycles. The van der Waals surface area contributed by atoms with Crippen LogP contribution in [0.15, 0.2) is 68.0 Å². The maximum absolute atomic E-state index is 13.5. The molecule has 0 bridgehead atoms. The molecule has 4 rings (SSSR count). The van der Waals surface area contributed by atoms with E-state index in [1.54, 1.807) is 56.3 Å². The highest BCUT2D eigenvalue weighted by Gasteiger charge is 2.34. The number of rotatable bonds is 4. The zero-order valence-corrected chi connectivity index (χ0v) is 20.3. The number of ether oxygens (including phenoxy) is 1. The number of halogens is 2. The SMILES string of the molecule is CCOC(=O)C1=C(C)N=c2s/c(=C\c3ccc(O)c(Br)c3)c(=O)n2C1c1ccccc1Cl. The lowest BCUT2D eigenvalue weighted by Crippen LogP contribution is -2.40. The number of benzene rings is 2. The molecule has 164 valence electrons. The number of carbonyl (C=O) groups excluding carboxylic acids is 1. The molecule has 0 radical (unpaired) electrons. The third kappa shape index (κ3) is 4.05. The molecule has 1 N–H and O–H groups in total. The zero-order valence-electron chi connectivity index (χ0n) is 17.1. The molecular weight excluding hydrogens is 516 g/mol. The molecule has 1 aliphatic heterocycles. The van der Waals surface area contributed by atoms with Gasteiger partial charge < -0.3 is 9.84 Å². The smallest absolute Gasteiger partial charge is 0.338 e. The molecule has 0 aliphatic carbocycles. The van der Waals surface area contributed by atoms with Gasteiger partial charge in [-0.15, -0.1) is 0 Å². The maximum atomic E-state index is 13.5. The van der Waals surface area contributed by atoms with Crippen molar-refractivity contribution >= 4 is 50.9 Å². The van der Waals surface area contributed by atoms with Crippen molar-refractivity contribution in [1.29, 1.82) is 0 Å². The summed E-state index contributed by atoms with van der Waals surface area (Å²) in [5, 5.41) is 10.2. The Morgan fingerprint density at radius 3 is 2.78 bits per heavy atom. The van der Waals surface area contributed by atoms with Crippen molar-refractivity contribution in [3.63, 3.8) is 0 Å². The lowest BCUT2D eigenvalue weighted by molar-refractivity contribution is -0.139. The fourth-order valence-corrected chi connectivity index (χ4v) is 5.23. The lowest BCUT2D eigenvalue weighted by Gasteiger charge is -2.25. The lowest BCUT2D eigenvalue weighted by atomic mass is 9.96. The molecule has 32 heavy (non-hydrogen) atoms. The first kappa shape index (κ1) is 22.5. The number of aromatic hydroxyl groups is 1. The summed E-state index contributed by atoms with van der Waals surface area (Å²) in [5.41, 5.74) is 1.82. The van der Waals surface area contributed by atoms with Crippen LogP contribution in [0.5, 0.6) is 5.75 Å². The zero-order chi connectivity index (χ0) is 23.0. The van der Waals surface area contributed by atoms with E-state index in [0.29, 0.717) is 30.1 Å². The normalized spacial score (nSPS) is 16.0. The van der Waals surface area contributed by atoms with Crippen molar-refractivity contribution in [2.45, 2.75) is 19.9 Å². The van der Waals surface area contributed by atoms with E-state index in [1.807, 2.05) is 6.07 Å². The van der Waals surface area contributed by atoms with E-state index in [9.17, 15) is 14.7 Å². The first-order chi connectivity index (χ1) is 15.3. The van der Waals surface area contributed by atoms with E-state index in [-0.39, 0.29) is 23.5 Å². The van der Waals surface area contributed by atoms with Gasteiger partial charge in [-0.1, -0.05) is 47.2 Å². The third-order valence-corrected chi connectivity index (χ3v) is 6.95. The molecule has 1 unspecified atom stereocenters. The second-order valence-electron chi connectivity index (χ2n) is 7.03. The van der Waals surface area contributed by atoms with E-state index >= 15 is 0 Å². The molecule has 1 aromatic heterocycles. The number of esters is 1. The van der Waals surface area contributed by atoms with Crippen molar-refractivity contribution < 1.29 is 14.6 Å². The van der Waals surface area contributed by atoms with Gasteiger partial charge in [-0.3, -0.25) is 9.36 Å². The molecule has 0 amide bonds. The Bertz CT molecular complexity index is 1440. The molecule has 0 spiro atoms. The molecule has 0 saturated heterocycles. The largest absolute Gasteiger partial charge is 0.507 e. The second kappa shape index (κ2) is 9.05. The van der Waals surface area contributed by atoms with Crippen LogP contribution in [-0.2, 0) is 9.53 Å². The van der Waals surface area contributed by atoms with Gasteiger partial charge in [0.25, 0.3) is 5.56 Å². The van der Waals surface area contributed by atoms with Crippen LogP contribution in [0.3, 0.4) is 0 Å². The van der Waals surface area contributed by atoms with E-state index in [1.165, 1.54) is 15.9 Å². The number of nitrogens with zero attached hydrogens (tertiary/aromatic N) is 2. The van der Waals surface area contributed by atoms with Crippen LogP contribution in [0.4, 0.5) is 0 Å². The average Bonchev–Trinajstić information content (AvgIpc) is 3.05. The van der Waals surface area contributed by atoms with Gasteiger partial charge in [0.1, 0.15) is 11.8 Å². The Morgan fingerprint density at radius 1 is 1.34 bits per heavy atom. The number of phenols is 1. The van der Waals surface area contributed by atoms with Crippen molar-refractivity contribution in [1.82, 2.24) is 4.57 Å². The van der Waals surface area contributed by atoms with Crippen LogP contribution < -0.4 is 14.9 Å². The van der Waals surface area contributed by atoms with Crippen LogP contribution in [0.25, 0.3) is 6.08 Å². The molecule has 1 atom stereocenters. The predicted molar refractivity (Wildman–Crippen MR) is 128 cm³/mol. The number of phenolic OH excluding ortho intramolecular Hbond substituents is 1. The summed E-state index contributed by atoms with van der Waals surface area (Å²) >= 11 is 11.0. The molecule has 9 heteroatoms. The Balaban J connectivity index is 1.98. The van der Waals surface area contributed by atoms with Gasteiger partial charge in [0.2, 0.25) is 0 Å². The van der Waals surface area contributed by atoms with Crippen LogP contribution in [0.2, 0.25) is 5.02 Å². The highest BCUT2D eigenvalue weighted by molar-refractivity contribution is 9.10. The minimum Gasteiger partial charge on any atom is -0.507 e. The summed E-state index contributed by atoms with van der Waals surface area (Å²) in [6.45, 7) is 3.65. The summed E-state index contributed by atoms with van der Waals surface area (Å²) in [4.78, 5) is 31.4. The molecule has 2 heterocycles. The quantitative estimate of drug-likeness (QED) is 0.516. The molecule has 3 aromatic rings. The molecule has 1 aliphatic rings. The number of carbonyl (C=O) groups is 1. The van der Waals surface area contributed by atoms with E-state index < -0.39 is 12.0 Å². The van der Waals surface area contributed by atoms with Crippen molar-refractivity contribution in [3.05, 3.63) is 94.0 Å². The number of hydrogen-bond acceptors (Lipinski definition) is 6. The van der Waals surface area contributed by atoms with Crippen molar-refractivity contribution in [2.75, 3.05) is 6.61 Å². The molecule has 0 fully saturated rings. The average molecular weight is 534 g/mol. The minimum atomic E-state index is -0.757. The Hall–Kier alpha value is -2.68. The monoisotopic (exact) mass is 532 g/mol. The summed E-state index contributed by atoms with van der Waals surface area (Å²) in [5.74, 6) is -0.424. The van der Waals surface area contributed by atoms with Crippen LogP contribution in [0.1, 0.15) is 31.0 Å². The number of thiazole rings is 1. The predicted octanol–water partition coefficient (Wildman–Crippen LogP) is 3.92. The first-order valence-corrected chi connectivity index (χ1v) is 11.7. The Morgan fingerprint density at radius 2 is 2.09 bits per heavy atom. The van der Waals surface area contributed by atoms with Gasteiger partial charge in [-0.05, 0) is 65.2 Å². The first-order valence-electron chi connectivity index (χ1n) is 9.74. The van der Waals surface area contributed by atoms with E-state index in [4.69, 9.17) is 16.3 Å². The number of allylic oxidation sites excluding steroid dienone is 1. The fourth-order valence-electron chi connectivity index (χ4n) is 3.55. The van der Waals surface area contributed by atoms with Crippen molar-refractivity contribution in [2.24, 2.45) is 4.99 Å². The van der Waals surface area contributed by atoms with E-state index in [2.05, 4.69) is 20.9 Å².